The fourth-order valence-electron chi connectivity index (χ4n) is 3.42. The Bertz CT molecular complexity index is 901. The Hall–Kier alpha value is -2.22. The number of fused-ring (bicyclic) bond motifs is 3. The second-order valence-corrected chi connectivity index (χ2v) is 7.57. The highest BCUT2D eigenvalue weighted by Crippen LogP contribution is 2.35. The smallest absolute Gasteiger partial charge is 0.324 e. The lowest BCUT2D eigenvalue weighted by molar-refractivity contribution is -0.128. The zero-order chi connectivity index (χ0) is 16.8. The highest BCUT2D eigenvalue weighted by Gasteiger charge is 2.27. The van der Waals surface area contributed by atoms with Crippen LogP contribution in [0.15, 0.2) is 11.1 Å². The van der Waals surface area contributed by atoms with Gasteiger partial charge in [-0.05, 0) is 30.7 Å². The summed E-state index contributed by atoms with van der Waals surface area (Å²) >= 11 is 1.59. The quantitative estimate of drug-likeness (QED) is 0.884. The summed E-state index contributed by atoms with van der Waals surface area (Å²) in [6.45, 7) is 2.86. The molecule has 2 aromatic rings. The lowest BCUT2D eigenvalue weighted by Crippen LogP contribution is -2.38. The first-order valence-electron chi connectivity index (χ1n) is 8.12. The average molecular weight is 346 g/mol. The zero-order valence-electron chi connectivity index (χ0n) is 13.4. The van der Waals surface area contributed by atoms with Crippen LogP contribution in [0.2, 0.25) is 0 Å². The normalized spacial score (nSPS) is 20.3. The van der Waals surface area contributed by atoms with Crippen LogP contribution in [-0.4, -0.2) is 39.5 Å². The van der Waals surface area contributed by atoms with Gasteiger partial charge in [0.15, 0.2) is 0 Å². The molecular weight excluding hydrogens is 328 g/mol. The van der Waals surface area contributed by atoms with Crippen molar-refractivity contribution in [1.82, 2.24) is 19.8 Å². The predicted molar refractivity (Wildman–Crippen MR) is 90.2 cm³/mol. The molecule has 1 N–H and O–H groups in total. The van der Waals surface area contributed by atoms with Crippen molar-refractivity contribution in [2.45, 2.75) is 32.7 Å². The Kier molecular flexibility index (Phi) is 3.64. The van der Waals surface area contributed by atoms with Crippen molar-refractivity contribution >= 4 is 33.5 Å². The van der Waals surface area contributed by atoms with Gasteiger partial charge in [-0.2, -0.15) is 0 Å². The van der Waals surface area contributed by atoms with Crippen LogP contribution in [0.1, 0.15) is 23.8 Å². The molecule has 24 heavy (non-hydrogen) atoms. The third-order valence-corrected chi connectivity index (χ3v) is 5.91. The van der Waals surface area contributed by atoms with Gasteiger partial charge in [0.2, 0.25) is 0 Å². The molecule has 7 nitrogen and oxygen atoms in total. The summed E-state index contributed by atoms with van der Waals surface area (Å²) < 4.78 is 1.32. The summed E-state index contributed by atoms with van der Waals surface area (Å²) in [5, 5.41) is 3.24. The van der Waals surface area contributed by atoms with E-state index in [2.05, 4.69) is 17.2 Å². The second kappa shape index (κ2) is 5.70. The van der Waals surface area contributed by atoms with E-state index in [1.54, 1.807) is 11.3 Å². The van der Waals surface area contributed by atoms with E-state index in [1.165, 1.54) is 15.8 Å². The lowest BCUT2D eigenvalue weighted by Gasteiger charge is -2.17. The molecule has 1 atom stereocenters. The monoisotopic (exact) mass is 346 g/mol. The number of hydrogen-bond acceptors (Lipinski definition) is 5. The van der Waals surface area contributed by atoms with Gasteiger partial charge in [-0.1, -0.05) is 6.92 Å². The lowest BCUT2D eigenvalue weighted by atomic mass is 9.89. The van der Waals surface area contributed by atoms with Gasteiger partial charge in [-0.15, -0.1) is 11.3 Å². The van der Waals surface area contributed by atoms with Crippen LogP contribution < -0.4 is 10.9 Å². The summed E-state index contributed by atoms with van der Waals surface area (Å²) in [4.78, 5) is 44.2. The summed E-state index contributed by atoms with van der Waals surface area (Å²) in [7, 11) is 0. The molecule has 2 aliphatic rings. The van der Waals surface area contributed by atoms with Crippen LogP contribution in [-0.2, 0) is 24.2 Å². The molecule has 4 rings (SSSR count). The Morgan fingerprint density at radius 3 is 3.04 bits per heavy atom. The van der Waals surface area contributed by atoms with Crippen molar-refractivity contribution < 1.29 is 9.59 Å². The molecule has 1 aliphatic carbocycles. The highest BCUT2D eigenvalue weighted by atomic mass is 32.1. The molecule has 3 amide bonds. The van der Waals surface area contributed by atoms with Crippen LogP contribution >= 0.6 is 11.3 Å². The second-order valence-electron chi connectivity index (χ2n) is 6.49. The van der Waals surface area contributed by atoms with Gasteiger partial charge in [0.1, 0.15) is 11.4 Å². The number of carbonyl (C=O) groups excluding carboxylic acids is 2. The highest BCUT2D eigenvalue weighted by molar-refractivity contribution is 7.18. The topological polar surface area (TPSA) is 84.3 Å². The first kappa shape index (κ1) is 15.3. The molecule has 0 radical (unpaired) electrons. The summed E-state index contributed by atoms with van der Waals surface area (Å²) in [5.41, 5.74) is 0.923. The van der Waals surface area contributed by atoms with Gasteiger partial charge >= 0.3 is 6.03 Å². The van der Waals surface area contributed by atoms with E-state index in [4.69, 9.17) is 0 Å². The molecule has 3 heterocycles. The van der Waals surface area contributed by atoms with E-state index in [-0.39, 0.29) is 18.0 Å². The number of urea groups is 1. The van der Waals surface area contributed by atoms with E-state index in [1.807, 2.05) is 0 Å². The number of amides is 3. The van der Waals surface area contributed by atoms with Crippen molar-refractivity contribution in [1.29, 1.82) is 0 Å². The number of imide groups is 1. The zero-order valence-corrected chi connectivity index (χ0v) is 14.2. The molecule has 0 spiro atoms. The third kappa shape index (κ3) is 2.41. The van der Waals surface area contributed by atoms with Crippen LogP contribution in [0.25, 0.3) is 10.2 Å². The summed E-state index contributed by atoms with van der Waals surface area (Å²) in [5.74, 6) is 0.244. The largest absolute Gasteiger partial charge is 0.336 e. The van der Waals surface area contributed by atoms with Crippen LogP contribution in [0.4, 0.5) is 4.79 Å². The van der Waals surface area contributed by atoms with Gasteiger partial charge in [0.05, 0.1) is 11.7 Å². The van der Waals surface area contributed by atoms with Crippen molar-refractivity contribution in [3.8, 4) is 0 Å². The Balaban J connectivity index is 1.70. The maximum atomic E-state index is 12.8. The first-order valence-corrected chi connectivity index (χ1v) is 8.94. The van der Waals surface area contributed by atoms with Crippen molar-refractivity contribution in [2.75, 3.05) is 13.1 Å². The molecule has 0 aromatic carbocycles. The molecule has 126 valence electrons. The molecule has 1 saturated heterocycles. The number of carbonyl (C=O) groups is 2. The molecule has 1 fully saturated rings. The third-order valence-electron chi connectivity index (χ3n) is 4.75. The van der Waals surface area contributed by atoms with Crippen LogP contribution in [0.5, 0.6) is 0 Å². The maximum Gasteiger partial charge on any atom is 0.324 e. The molecule has 2 aromatic heterocycles. The van der Waals surface area contributed by atoms with Gasteiger partial charge in [0.25, 0.3) is 11.5 Å². The molecule has 0 saturated carbocycles. The molecule has 0 bridgehead atoms. The number of thiophene rings is 1. The minimum atomic E-state index is -0.399. The average Bonchev–Trinajstić information content (AvgIpc) is 3.13. The van der Waals surface area contributed by atoms with Crippen molar-refractivity contribution in [3.05, 3.63) is 27.1 Å². The van der Waals surface area contributed by atoms with Gasteiger partial charge in [-0.25, -0.2) is 9.78 Å². The summed E-state index contributed by atoms with van der Waals surface area (Å²) in [6, 6.07) is -0.399. The first-order chi connectivity index (χ1) is 11.5. The Morgan fingerprint density at radius 2 is 2.29 bits per heavy atom. The molecule has 1 aliphatic heterocycles. The van der Waals surface area contributed by atoms with Crippen molar-refractivity contribution in [2.24, 2.45) is 5.92 Å². The van der Waals surface area contributed by atoms with Crippen LogP contribution in [0, 0.1) is 5.92 Å². The Labute approximate surface area is 142 Å². The summed E-state index contributed by atoms with van der Waals surface area (Å²) in [6.07, 6.45) is 4.37. The predicted octanol–water partition coefficient (Wildman–Crippen LogP) is 1.13. The Morgan fingerprint density at radius 1 is 1.46 bits per heavy atom. The minimum Gasteiger partial charge on any atom is -0.336 e. The molecule has 0 unspecified atom stereocenters. The van der Waals surface area contributed by atoms with Crippen LogP contribution in [0.3, 0.4) is 0 Å². The van der Waals surface area contributed by atoms with E-state index in [0.29, 0.717) is 24.4 Å². The number of aromatic nitrogens is 2. The van der Waals surface area contributed by atoms with Gasteiger partial charge < -0.3 is 5.32 Å². The van der Waals surface area contributed by atoms with Gasteiger partial charge in [0, 0.05) is 18.0 Å². The molecular formula is C16H18N4O3S. The SMILES string of the molecule is C[C@@H]1CCc2c(sc3ncn(CC(=O)N4CCNC4=O)c(=O)c23)C1. The van der Waals surface area contributed by atoms with Crippen molar-refractivity contribution in [3.63, 3.8) is 0 Å². The van der Waals surface area contributed by atoms with Gasteiger partial charge in [-0.3, -0.25) is 19.1 Å². The van der Waals surface area contributed by atoms with E-state index < -0.39 is 6.03 Å². The number of nitrogens with one attached hydrogen (secondary N) is 1. The standard InChI is InChI=1S/C16H18N4O3S/c1-9-2-3-10-11(6-9)24-14-13(10)15(22)19(8-18-14)7-12(21)20-5-4-17-16(20)23/h8-9H,2-7H2,1H3,(H,17,23)/t9-/m1/s1. The number of rotatable bonds is 2. The minimum absolute atomic E-state index is 0.157. The maximum absolute atomic E-state index is 12.8. The number of aryl methyl sites for hydroxylation is 1. The number of nitrogens with zero attached hydrogens (tertiary/aromatic N) is 3. The fourth-order valence-corrected chi connectivity index (χ4v) is 4.76. The fraction of sp³-hybridized carbons (Fsp3) is 0.500. The number of hydrogen-bond donors (Lipinski definition) is 1. The van der Waals surface area contributed by atoms with E-state index in [9.17, 15) is 14.4 Å². The van der Waals surface area contributed by atoms with E-state index >= 15 is 0 Å². The van der Waals surface area contributed by atoms with E-state index in [0.717, 1.165) is 34.6 Å². The molecule has 8 heteroatoms.